The van der Waals surface area contributed by atoms with E-state index in [1.807, 2.05) is 0 Å². The molecule has 0 aliphatic heterocycles. The number of rotatable bonds is 4. The maximum atomic E-state index is 13.2. The molecule has 0 aliphatic carbocycles. The lowest BCUT2D eigenvalue weighted by Crippen LogP contribution is -2.32. The third-order valence-corrected chi connectivity index (χ3v) is 1.88. The number of alkyl halides is 3. The molecular formula is C9H9BF4O3. The topological polar surface area (TPSA) is 49.7 Å². The quantitative estimate of drug-likeness (QED) is 0.608. The van der Waals surface area contributed by atoms with Crippen LogP contribution in [0.15, 0.2) is 18.2 Å². The molecule has 0 saturated heterocycles. The Morgan fingerprint density at radius 3 is 2.35 bits per heavy atom. The van der Waals surface area contributed by atoms with Crippen molar-refractivity contribution in [1.82, 2.24) is 0 Å². The zero-order valence-corrected chi connectivity index (χ0v) is 8.54. The second kappa shape index (κ2) is 5.48. The molecule has 1 aromatic carbocycles. The van der Waals surface area contributed by atoms with Crippen LogP contribution in [0.2, 0.25) is 0 Å². The Kier molecular flexibility index (Phi) is 4.50. The van der Waals surface area contributed by atoms with E-state index in [2.05, 4.69) is 4.74 Å². The molecule has 2 N–H and O–H groups in total. The van der Waals surface area contributed by atoms with E-state index in [0.717, 1.165) is 12.1 Å². The van der Waals surface area contributed by atoms with Gasteiger partial charge in [-0.1, -0.05) is 12.1 Å². The summed E-state index contributed by atoms with van der Waals surface area (Å²) in [6.07, 6.45) is -4.43. The van der Waals surface area contributed by atoms with Crippen molar-refractivity contribution in [2.45, 2.75) is 12.8 Å². The molecule has 1 rings (SSSR count). The first-order chi connectivity index (χ1) is 7.79. The molecule has 1 aromatic rings. The summed E-state index contributed by atoms with van der Waals surface area (Å²) in [7, 11) is -1.96. The molecule has 0 heterocycles. The van der Waals surface area contributed by atoms with Crippen molar-refractivity contribution in [1.29, 1.82) is 0 Å². The van der Waals surface area contributed by atoms with Gasteiger partial charge in [0, 0.05) is 5.46 Å². The summed E-state index contributed by atoms with van der Waals surface area (Å²) in [5.41, 5.74) is -0.166. The van der Waals surface area contributed by atoms with Crippen molar-refractivity contribution in [3.05, 3.63) is 29.6 Å². The molecule has 0 fully saturated rings. The Morgan fingerprint density at radius 1 is 1.24 bits per heavy atom. The average molecular weight is 252 g/mol. The lowest BCUT2D eigenvalue weighted by atomic mass is 9.79. The summed E-state index contributed by atoms with van der Waals surface area (Å²) < 4.78 is 52.7. The molecule has 0 amide bonds. The minimum absolute atomic E-state index is 0.177. The molecule has 0 atom stereocenters. The largest absolute Gasteiger partial charge is 0.491 e. The Labute approximate surface area is 94.8 Å². The maximum Gasteiger partial charge on any atom is 0.491 e. The van der Waals surface area contributed by atoms with Crippen LogP contribution in [-0.2, 0) is 11.3 Å². The maximum absolute atomic E-state index is 13.2. The number of benzene rings is 1. The van der Waals surface area contributed by atoms with Crippen LogP contribution >= 0.6 is 0 Å². The number of ether oxygens (including phenoxy) is 1. The molecule has 0 bridgehead atoms. The normalized spacial score (nSPS) is 11.6. The highest BCUT2D eigenvalue weighted by atomic mass is 19.4. The van der Waals surface area contributed by atoms with Crippen molar-refractivity contribution in [3.8, 4) is 0 Å². The van der Waals surface area contributed by atoms with Gasteiger partial charge < -0.3 is 14.8 Å². The van der Waals surface area contributed by atoms with E-state index < -0.39 is 32.3 Å². The first-order valence-electron chi connectivity index (χ1n) is 4.58. The van der Waals surface area contributed by atoms with Gasteiger partial charge in [-0.05, 0) is 11.6 Å². The van der Waals surface area contributed by atoms with E-state index in [1.165, 1.54) is 6.07 Å². The monoisotopic (exact) mass is 252 g/mol. The molecule has 0 spiro atoms. The van der Waals surface area contributed by atoms with Gasteiger partial charge in [0.2, 0.25) is 0 Å². The Morgan fingerprint density at radius 2 is 1.88 bits per heavy atom. The summed E-state index contributed by atoms with van der Waals surface area (Å²) in [5, 5.41) is 17.4. The van der Waals surface area contributed by atoms with Crippen molar-refractivity contribution in [2.75, 3.05) is 6.61 Å². The zero-order valence-electron chi connectivity index (χ0n) is 8.54. The van der Waals surface area contributed by atoms with Crippen molar-refractivity contribution in [2.24, 2.45) is 0 Å². The Balaban J connectivity index is 2.59. The molecule has 0 saturated carbocycles. The lowest BCUT2D eigenvalue weighted by Gasteiger charge is -2.08. The molecule has 8 heteroatoms. The summed E-state index contributed by atoms with van der Waals surface area (Å²) >= 11 is 0. The van der Waals surface area contributed by atoms with Gasteiger partial charge in [-0.2, -0.15) is 13.2 Å². The van der Waals surface area contributed by atoms with Crippen LogP contribution in [0.4, 0.5) is 17.6 Å². The van der Waals surface area contributed by atoms with E-state index >= 15 is 0 Å². The van der Waals surface area contributed by atoms with E-state index in [1.54, 1.807) is 0 Å². The van der Waals surface area contributed by atoms with Crippen LogP contribution in [0.25, 0.3) is 0 Å². The van der Waals surface area contributed by atoms with Crippen molar-refractivity contribution in [3.63, 3.8) is 0 Å². The second-order valence-corrected chi connectivity index (χ2v) is 3.34. The highest BCUT2D eigenvalue weighted by molar-refractivity contribution is 6.58. The summed E-state index contributed by atoms with van der Waals surface area (Å²) in [5.74, 6) is -0.909. The van der Waals surface area contributed by atoms with Crippen LogP contribution in [0.1, 0.15) is 5.56 Å². The van der Waals surface area contributed by atoms with E-state index in [-0.39, 0.29) is 11.0 Å². The van der Waals surface area contributed by atoms with Gasteiger partial charge in [0.15, 0.2) is 0 Å². The Hall–Kier alpha value is -1.12. The molecule has 0 aromatic heterocycles. The predicted octanol–water partition coefficient (Wildman–Crippen LogP) is 0.584. The summed E-state index contributed by atoms with van der Waals surface area (Å²) in [6, 6.07) is 3.23. The number of hydrogen-bond acceptors (Lipinski definition) is 3. The third-order valence-electron chi connectivity index (χ3n) is 1.88. The third kappa shape index (κ3) is 4.72. The van der Waals surface area contributed by atoms with Gasteiger partial charge in [-0.15, -0.1) is 0 Å². The van der Waals surface area contributed by atoms with Crippen LogP contribution in [-0.4, -0.2) is 29.9 Å². The second-order valence-electron chi connectivity index (χ2n) is 3.34. The van der Waals surface area contributed by atoms with E-state index in [4.69, 9.17) is 10.0 Å². The van der Waals surface area contributed by atoms with Gasteiger partial charge in [0.1, 0.15) is 12.4 Å². The van der Waals surface area contributed by atoms with Crippen molar-refractivity contribution >= 4 is 12.6 Å². The van der Waals surface area contributed by atoms with E-state index in [9.17, 15) is 17.6 Å². The molecule has 0 aliphatic rings. The van der Waals surface area contributed by atoms with Gasteiger partial charge in [-0.25, -0.2) is 4.39 Å². The fourth-order valence-corrected chi connectivity index (χ4v) is 1.15. The Bertz CT molecular complexity index is 381. The van der Waals surface area contributed by atoms with Crippen molar-refractivity contribution < 1.29 is 32.3 Å². The van der Waals surface area contributed by atoms with Crippen LogP contribution in [0, 0.1) is 5.82 Å². The SMILES string of the molecule is OB(O)c1ccc(COCC(F)(F)F)cc1F. The van der Waals surface area contributed by atoms with Crippen LogP contribution in [0.3, 0.4) is 0 Å². The minimum Gasteiger partial charge on any atom is -0.423 e. The molecule has 17 heavy (non-hydrogen) atoms. The first kappa shape index (κ1) is 13.9. The molecule has 0 radical (unpaired) electrons. The number of halogens is 4. The standard InChI is InChI=1S/C9H9BF4O3/c11-8-3-6(1-2-7(8)10(15)16)4-17-5-9(12,13)14/h1-3,15-16H,4-5H2. The zero-order chi connectivity index (χ0) is 13.1. The fraction of sp³-hybridized carbons (Fsp3) is 0.333. The summed E-state index contributed by atoms with van der Waals surface area (Å²) in [4.78, 5) is 0. The molecule has 0 unspecified atom stereocenters. The lowest BCUT2D eigenvalue weighted by molar-refractivity contribution is -0.176. The first-order valence-corrected chi connectivity index (χ1v) is 4.58. The van der Waals surface area contributed by atoms with Gasteiger partial charge in [0.25, 0.3) is 0 Å². The molecule has 94 valence electrons. The molecule has 3 nitrogen and oxygen atoms in total. The van der Waals surface area contributed by atoms with Gasteiger partial charge in [0.05, 0.1) is 6.61 Å². The van der Waals surface area contributed by atoms with E-state index in [0.29, 0.717) is 0 Å². The number of hydrogen-bond donors (Lipinski definition) is 2. The highest BCUT2D eigenvalue weighted by Gasteiger charge is 2.27. The predicted molar refractivity (Wildman–Crippen MR) is 51.9 cm³/mol. The van der Waals surface area contributed by atoms with Crippen LogP contribution < -0.4 is 5.46 Å². The van der Waals surface area contributed by atoms with Crippen LogP contribution in [0.5, 0.6) is 0 Å². The summed E-state index contributed by atoms with van der Waals surface area (Å²) in [6.45, 7) is -1.82. The average Bonchev–Trinajstić information content (AvgIpc) is 2.15. The van der Waals surface area contributed by atoms with Gasteiger partial charge in [-0.3, -0.25) is 0 Å². The smallest absolute Gasteiger partial charge is 0.423 e. The minimum atomic E-state index is -4.43. The van der Waals surface area contributed by atoms with Gasteiger partial charge >= 0.3 is 13.3 Å². The fourth-order valence-electron chi connectivity index (χ4n) is 1.15. The molecular weight excluding hydrogens is 243 g/mol. The highest BCUT2D eigenvalue weighted by Crippen LogP contribution is 2.15.